The quantitative estimate of drug-likeness (QED) is 0.855. The number of nitrogens with zero attached hydrogens (tertiary/aromatic N) is 2. The second kappa shape index (κ2) is 5.44. The molecule has 1 amide bonds. The first-order valence-electron chi connectivity index (χ1n) is 6.94. The summed E-state index contributed by atoms with van der Waals surface area (Å²) in [6.07, 6.45) is 3.68. The van der Waals surface area contributed by atoms with E-state index in [-0.39, 0.29) is 10.7 Å². The van der Waals surface area contributed by atoms with Gasteiger partial charge in [0.05, 0.1) is 16.6 Å². The minimum Gasteiger partial charge on any atom is -0.399 e. The number of aromatic nitrogens is 2. The van der Waals surface area contributed by atoms with Gasteiger partial charge in [-0.25, -0.2) is 4.68 Å². The van der Waals surface area contributed by atoms with Crippen LogP contribution >= 0.6 is 11.8 Å². The van der Waals surface area contributed by atoms with E-state index in [9.17, 15) is 4.79 Å². The molecule has 0 saturated carbocycles. The fourth-order valence-electron chi connectivity index (χ4n) is 2.43. The SMILES string of the molecule is CC1(C(=O)Nc2ccnn2-c2ccc(N)cc2)CCCS1. The zero-order chi connectivity index (χ0) is 14.9. The van der Waals surface area contributed by atoms with Crippen molar-refractivity contribution in [3.05, 3.63) is 36.5 Å². The van der Waals surface area contributed by atoms with E-state index in [4.69, 9.17) is 5.73 Å². The minimum atomic E-state index is -0.337. The van der Waals surface area contributed by atoms with Gasteiger partial charge >= 0.3 is 0 Å². The highest BCUT2D eigenvalue weighted by molar-refractivity contribution is 8.01. The molecule has 1 fully saturated rings. The average Bonchev–Trinajstić information content (AvgIpc) is 3.10. The Labute approximate surface area is 127 Å². The number of anilines is 2. The summed E-state index contributed by atoms with van der Waals surface area (Å²) in [4.78, 5) is 12.5. The molecule has 1 aliphatic heterocycles. The second-order valence-electron chi connectivity index (χ2n) is 5.36. The number of benzene rings is 1. The standard InChI is InChI=1S/C15H18N4OS/c1-15(8-2-10-21-15)14(20)18-13-7-9-17-19(13)12-5-3-11(16)4-6-12/h3-7,9H,2,8,10,16H2,1H3,(H,18,20). The first kappa shape index (κ1) is 14.0. The van der Waals surface area contributed by atoms with Gasteiger partial charge in [-0.3, -0.25) is 4.79 Å². The Morgan fingerprint density at radius 3 is 2.81 bits per heavy atom. The molecule has 0 bridgehead atoms. The number of rotatable bonds is 3. The lowest BCUT2D eigenvalue weighted by molar-refractivity contribution is -0.118. The predicted molar refractivity (Wildman–Crippen MR) is 86.7 cm³/mol. The number of hydrogen-bond donors (Lipinski definition) is 2. The lowest BCUT2D eigenvalue weighted by atomic mass is 10.1. The summed E-state index contributed by atoms with van der Waals surface area (Å²) in [7, 11) is 0. The number of thioether (sulfide) groups is 1. The van der Waals surface area contributed by atoms with Crippen molar-refractivity contribution in [3.63, 3.8) is 0 Å². The summed E-state index contributed by atoms with van der Waals surface area (Å²) in [5.74, 6) is 1.77. The molecule has 110 valence electrons. The van der Waals surface area contributed by atoms with Crippen molar-refractivity contribution in [2.75, 3.05) is 16.8 Å². The van der Waals surface area contributed by atoms with Crippen LogP contribution in [0, 0.1) is 0 Å². The van der Waals surface area contributed by atoms with Crippen molar-refractivity contribution >= 4 is 29.2 Å². The summed E-state index contributed by atoms with van der Waals surface area (Å²) >= 11 is 1.72. The molecule has 1 aliphatic rings. The maximum Gasteiger partial charge on any atom is 0.241 e. The van der Waals surface area contributed by atoms with Crippen molar-refractivity contribution in [2.24, 2.45) is 0 Å². The lowest BCUT2D eigenvalue weighted by Gasteiger charge is -2.21. The average molecular weight is 302 g/mol. The van der Waals surface area contributed by atoms with Gasteiger partial charge in [0.25, 0.3) is 0 Å². The summed E-state index contributed by atoms with van der Waals surface area (Å²) in [6, 6.07) is 9.19. The minimum absolute atomic E-state index is 0.0437. The normalized spacial score (nSPS) is 21.4. The smallest absolute Gasteiger partial charge is 0.241 e. The number of nitrogens with two attached hydrogens (primary N) is 1. The zero-order valence-electron chi connectivity index (χ0n) is 11.9. The van der Waals surface area contributed by atoms with Crippen LogP contribution in [0.4, 0.5) is 11.5 Å². The summed E-state index contributed by atoms with van der Waals surface area (Å²) in [5.41, 5.74) is 7.27. The van der Waals surface area contributed by atoms with Crippen LogP contribution in [0.5, 0.6) is 0 Å². The van der Waals surface area contributed by atoms with Crippen molar-refractivity contribution in [1.82, 2.24) is 9.78 Å². The number of nitrogen functional groups attached to an aromatic ring is 1. The molecule has 0 aliphatic carbocycles. The van der Waals surface area contributed by atoms with Gasteiger partial charge in [-0.2, -0.15) is 5.10 Å². The molecule has 6 heteroatoms. The topological polar surface area (TPSA) is 72.9 Å². The molecule has 0 spiro atoms. The van der Waals surface area contributed by atoms with E-state index in [2.05, 4.69) is 10.4 Å². The molecule has 1 aromatic carbocycles. The molecule has 1 aromatic heterocycles. The Morgan fingerprint density at radius 1 is 1.38 bits per heavy atom. The van der Waals surface area contributed by atoms with Gasteiger partial charge < -0.3 is 11.1 Å². The number of carbonyl (C=O) groups is 1. The molecule has 21 heavy (non-hydrogen) atoms. The van der Waals surface area contributed by atoms with E-state index in [1.54, 1.807) is 28.7 Å². The Morgan fingerprint density at radius 2 is 2.14 bits per heavy atom. The number of carbonyl (C=O) groups excluding carboxylic acids is 1. The largest absolute Gasteiger partial charge is 0.399 e. The molecule has 1 saturated heterocycles. The molecular weight excluding hydrogens is 284 g/mol. The maximum atomic E-state index is 12.5. The van der Waals surface area contributed by atoms with E-state index in [0.717, 1.165) is 24.3 Å². The fraction of sp³-hybridized carbons (Fsp3) is 0.333. The first-order chi connectivity index (χ1) is 10.1. The molecule has 1 atom stereocenters. The van der Waals surface area contributed by atoms with Gasteiger partial charge in [0.1, 0.15) is 5.82 Å². The number of nitrogens with one attached hydrogen (secondary N) is 1. The molecule has 0 radical (unpaired) electrons. The highest BCUT2D eigenvalue weighted by atomic mass is 32.2. The highest BCUT2D eigenvalue weighted by Gasteiger charge is 2.37. The molecule has 1 unspecified atom stereocenters. The molecule has 5 nitrogen and oxygen atoms in total. The van der Waals surface area contributed by atoms with Crippen LogP contribution in [0.25, 0.3) is 5.69 Å². The predicted octanol–water partition coefficient (Wildman–Crippen LogP) is 2.68. The maximum absolute atomic E-state index is 12.5. The van der Waals surface area contributed by atoms with Crippen LogP contribution in [0.2, 0.25) is 0 Å². The number of amides is 1. The van der Waals surface area contributed by atoms with Crippen LogP contribution in [0.1, 0.15) is 19.8 Å². The van der Waals surface area contributed by atoms with E-state index < -0.39 is 0 Å². The van der Waals surface area contributed by atoms with Gasteiger partial charge in [-0.05, 0) is 49.8 Å². The van der Waals surface area contributed by atoms with Crippen LogP contribution < -0.4 is 11.1 Å². The molecule has 2 heterocycles. The van der Waals surface area contributed by atoms with Crippen LogP contribution in [0.3, 0.4) is 0 Å². The van der Waals surface area contributed by atoms with Crippen molar-refractivity contribution < 1.29 is 4.79 Å². The van der Waals surface area contributed by atoms with E-state index in [1.165, 1.54) is 0 Å². The van der Waals surface area contributed by atoms with Gasteiger partial charge in [0, 0.05) is 11.8 Å². The third-order valence-electron chi connectivity index (χ3n) is 3.72. The Hall–Kier alpha value is -1.95. The zero-order valence-corrected chi connectivity index (χ0v) is 12.7. The second-order valence-corrected chi connectivity index (χ2v) is 6.95. The Bertz CT molecular complexity index is 644. The molecule has 3 rings (SSSR count). The van der Waals surface area contributed by atoms with Crippen LogP contribution in [0.15, 0.2) is 36.5 Å². The van der Waals surface area contributed by atoms with Crippen molar-refractivity contribution in [3.8, 4) is 5.69 Å². The van der Waals surface area contributed by atoms with Crippen molar-refractivity contribution in [1.29, 1.82) is 0 Å². The summed E-state index contributed by atoms with van der Waals surface area (Å²) < 4.78 is 1.37. The monoisotopic (exact) mass is 302 g/mol. The molecule has 2 aromatic rings. The third-order valence-corrected chi connectivity index (χ3v) is 5.24. The van der Waals surface area contributed by atoms with Gasteiger partial charge in [-0.15, -0.1) is 11.8 Å². The van der Waals surface area contributed by atoms with E-state index >= 15 is 0 Å². The number of hydrogen-bond acceptors (Lipinski definition) is 4. The van der Waals surface area contributed by atoms with Gasteiger partial charge in [0.2, 0.25) is 5.91 Å². The van der Waals surface area contributed by atoms with Crippen LogP contribution in [-0.2, 0) is 4.79 Å². The van der Waals surface area contributed by atoms with Gasteiger partial charge in [0.15, 0.2) is 0 Å². The third kappa shape index (κ3) is 2.76. The Balaban J connectivity index is 1.82. The fourth-order valence-corrected chi connectivity index (χ4v) is 3.64. The summed E-state index contributed by atoms with van der Waals surface area (Å²) in [6.45, 7) is 2.00. The van der Waals surface area contributed by atoms with E-state index in [0.29, 0.717) is 11.5 Å². The van der Waals surface area contributed by atoms with E-state index in [1.807, 2.05) is 31.2 Å². The molecular formula is C15H18N4OS. The highest BCUT2D eigenvalue weighted by Crippen LogP contribution is 2.38. The van der Waals surface area contributed by atoms with Crippen LogP contribution in [-0.4, -0.2) is 26.2 Å². The Kier molecular flexibility index (Phi) is 3.63. The van der Waals surface area contributed by atoms with Crippen molar-refractivity contribution in [2.45, 2.75) is 24.5 Å². The summed E-state index contributed by atoms with van der Waals surface area (Å²) in [5, 5.41) is 7.27. The molecule has 3 N–H and O–H groups in total. The first-order valence-corrected chi connectivity index (χ1v) is 7.92. The van der Waals surface area contributed by atoms with Gasteiger partial charge in [-0.1, -0.05) is 0 Å². The lowest BCUT2D eigenvalue weighted by Crippen LogP contribution is -2.35.